The SMILES string of the molecule is C=C(C(=O)NC1(/C(N)=C/N)CC(F)(F)C1)c1c(C)c(C(=O)Nc2ccc(F)c(F)c2)n2c1CCC2. The molecule has 35 heavy (non-hydrogen) atoms. The average molecular weight is 491 g/mol. The Morgan fingerprint density at radius 1 is 1.20 bits per heavy atom. The fourth-order valence-electron chi connectivity index (χ4n) is 4.94. The topological polar surface area (TPSA) is 115 Å². The molecule has 1 saturated carbocycles. The molecule has 1 aromatic carbocycles. The number of nitrogens with zero attached hydrogens (tertiary/aromatic N) is 1. The van der Waals surface area contributed by atoms with Gasteiger partial charge in [0.25, 0.3) is 17.7 Å². The molecule has 11 heteroatoms. The van der Waals surface area contributed by atoms with Gasteiger partial charge in [0.05, 0.1) is 11.2 Å². The smallest absolute Gasteiger partial charge is 0.272 e. The third-order valence-corrected chi connectivity index (χ3v) is 6.58. The molecule has 2 amide bonds. The Labute approximate surface area is 198 Å². The van der Waals surface area contributed by atoms with E-state index in [4.69, 9.17) is 11.5 Å². The number of aromatic nitrogens is 1. The zero-order valence-electron chi connectivity index (χ0n) is 19.0. The van der Waals surface area contributed by atoms with Crippen molar-refractivity contribution in [3.63, 3.8) is 0 Å². The number of nitrogens with one attached hydrogen (secondary N) is 2. The van der Waals surface area contributed by atoms with Gasteiger partial charge in [-0.25, -0.2) is 17.6 Å². The van der Waals surface area contributed by atoms with E-state index in [-0.39, 0.29) is 22.7 Å². The maximum Gasteiger partial charge on any atom is 0.272 e. The molecule has 0 bridgehead atoms. The van der Waals surface area contributed by atoms with E-state index in [9.17, 15) is 27.2 Å². The first-order chi connectivity index (χ1) is 16.4. The van der Waals surface area contributed by atoms with Crippen LogP contribution in [0.4, 0.5) is 23.2 Å². The fraction of sp³-hybridized carbons (Fsp3) is 0.333. The maximum atomic E-state index is 13.7. The zero-order valence-corrected chi connectivity index (χ0v) is 19.0. The van der Waals surface area contributed by atoms with Gasteiger partial charge in [0.2, 0.25) is 0 Å². The minimum atomic E-state index is -2.99. The molecule has 1 aliphatic heterocycles. The molecule has 2 aromatic rings. The molecule has 7 nitrogen and oxygen atoms in total. The van der Waals surface area contributed by atoms with Crippen LogP contribution in [-0.4, -0.2) is 27.8 Å². The number of rotatable bonds is 6. The van der Waals surface area contributed by atoms with E-state index in [1.54, 1.807) is 11.5 Å². The lowest BCUT2D eigenvalue weighted by atomic mass is 9.71. The lowest BCUT2D eigenvalue weighted by Crippen LogP contribution is -2.65. The Balaban J connectivity index is 1.63. The summed E-state index contributed by atoms with van der Waals surface area (Å²) in [6.07, 6.45) is 0.887. The molecule has 0 unspecified atom stereocenters. The van der Waals surface area contributed by atoms with Crippen LogP contribution < -0.4 is 22.1 Å². The number of carbonyl (C=O) groups excluding carboxylic acids is 2. The number of alkyl halides is 2. The molecule has 0 saturated heterocycles. The molecule has 6 N–H and O–H groups in total. The number of fused-ring (bicyclic) bond motifs is 1. The summed E-state index contributed by atoms with van der Waals surface area (Å²) in [5.74, 6) is -6.41. The van der Waals surface area contributed by atoms with E-state index >= 15 is 0 Å². The summed E-state index contributed by atoms with van der Waals surface area (Å²) in [4.78, 5) is 26.2. The molecule has 1 aromatic heterocycles. The van der Waals surface area contributed by atoms with Gasteiger partial charge in [0, 0.05) is 54.2 Å². The number of anilines is 1. The van der Waals surface area contributed by atoms with Gasteiger partial charge in [-0.2, -0.15) is 0 Å². The summed E-state index contributed by atoms with van der Waals surface area (Å²) in [6, 6.07) is 3.00. The highest BCUT2D eigenvalue weighted by atomic mass is 19.3. The molecule has 2 heterocycles. The van der Waals surface area contributed by atoms with Crippen molar-refractivity contribution < 1.29 is 27.2 Å². The minimum absolute atomic E-state index is 0.000519. The Bertz CT molecular complexity index is 1270. The highest BCUT2D eigenvalue weighted by Crippen LogP contribution is 2.48. The van der Waals surface area contributed by atoms with Crippen molar-refractivity contribution in [2.45, 2.75) is 50.6 Å². The van der Waals surface area contributed by atoms with Gasteiger partial charge < -0.3 is 26.7 Å². The van der Waals surface area contributed by atoms with Crippen LogP contribution in [0.1, 0.15) is 46.6 Å². The first-order valence-corrected chi connectivity index (χ1v) is 10.9. The van der Waals surface area contributed by atoms with Crippen molar-refractivity contribution in [1.29, 1.82) is 0 Å². The van der Waals surface area contributed by atoms with Crippen molar-refractivity contribution in [3.8, 4) is 0 Å². The van der Waals surface area contributed by atoms with Crippen molar-refractivity contribution in [2.75, 3.05) is 5.32 Å². The van der Waals surface area contributed by atoms with Crippen LogP contribution in [0.15, 0.2) is 36.7 Å². The molecule has 2 aliphatic rings. The number of nitrogens with two attached hydrogens (primary N) is 2. The number of hydrogen-bond donors (Lipinski definition) is 4. The quantitative estimate of drug-likeness (QED) is 0.367. The highest BCUT2D eigenvalue weighted by molar-refractivity contribution is 6.20. The van der Waals surface area contributed by atoms with Crippen LogP contribution in [-0.2, 0) is 17.8 Å². The standard InChI is InChI=1S/C24H25F4N5O2/c1-12-19(13(2)21(34)32-23(18(30)9-29)10-24(27,28)11-23)17-4-3-7-33(17)20(12)22(35)31-14-5-6-15(25)16(26)8-14/h5-6,8-9H,2-4,7,10-11,29-30H2,1H3,(H,31,35)(H,32,34)/b18-9-. The second-order valence-electron chi connectivity index (χ2n) is 8.98. The number of halogens is 4. The van der Waals surface area contributed by atoms with Crippen molar-refractivity contribution >= 4 is 23.1 Å². The van der Waals surface area contributed by atoms with Crippen LogP contribution in [0.25, 0.3) is 5.57 Å². The number of hydrogen-bond acceptors (Lipinski definition) is 4. The molecular weight excluding hydrogens is 466 g/mol. The molecule has 186 valence electrons. The predicted octanol–water partition coefficient (Wildman–Crippen LogP) is 3.33. The van der Waals surface area contributed by atoms with Gasteiger partial charge in [-0.3, -0.25) is 9.59 Å². The highest BCUT2D eigenvalue weighted by Gasteiger charge is 2.59. The van der Waals surface area contributed by atoms with Crippen molar-refractivity contribution in [3.05, 3.63) is 70.8 Å². The van der Waals surface area contributed by atoms with Crippen LogP contribution in [0, 0.1) is 18.6 Å². The summed E-state index contributed by atoms with van der Waals surface area (Å²) in [6.45, 7) is 6.02. The second-order valence-corrected chi connectivity index (χ2v) is 8.98. The van der Waals surface area contributed by atoms with Crippen LogP contribution in [0.3, 0.4) is 0 Å². The molecule has 1 aliphatic carbocycles. The van der Waals surface area contributed by atoms with Gasteiger partial charge in [-0.15, -0.1) is 0 Å². The van der Waals surface area contributed by atoms with Gasteiger partial charge >= 0.3 is 0 Å². The minimum Gasteiger partial charge on any atom is -0.403 e. The summed E-state index contributed by atoms with van der Waals surface area (Å²) >= 11 is 0. The van der Waals surface area contributed by atoms with E-state index < -0.39 is 47.8 Å². The molecule has 1 fully saturated rings. The average Bonchev–Trinajstić information content (AvgIpc) is 3.33. The molecule has 0 spiro atoms. The lowest BCUT2D eigenvalue weighted by Gasteiger charge is -2.47. The van der Waals surface area contributed by atoms with Gasteiger partial charge in [0.15, 0.2) is 11.6 Å². The van der Waals surface area contributed by atoms with E-state index in [1.807, 2.05) is 0 Å². The van der Waals surface area contributed by atoms with Crippen LogP contribution >= 0.6 is 0 Å². The number of amides is 2. The third-order valence-electron chi connectivity index (χ3n) is 6.58. The first-order valence-electron chi connectivity index (χ1n) is 10.9. The summed E-state index contributed by atoms with van der Waals surface area (Å²) in [7, 11) is 0. The molecular formula is C24H25F4N5O2. The summed E-state index contributed by atoms with van der Waals surface area (Å²) in [5, 5.41) is 5.11. The van der Waals surface area contributed by atoms with Gasteiger partial charge in [-0.1, -0.05) is 6.58 Å². The van der Waals surface area contributed by atoms with E-state index in [2.05, 4.69) is 17.2 Å². The van der Waals surface area contributed by atoms with Gasteiger partial charge in [-0.05, 0) is 37.5 Å². The maximum absolute atomic E-state index is 13.7. The van der Waals surface area contributed by atoms with E-state index in [0.29, 0.717) is 36.2 Å². The van der Waals surface area contributed by atoms with Crippen molar-refractivity contribution in [1.82, 2.24) is 9.88 Å². The monoisotopic (exact) mass is 491 g/mol. The third kappa shape index (κ3) is 4.15. The number of benzene rings is 1. The molecule has 0 atom stereocenters. The molecule has 4 rings (SSSR count). The zero-order chi connectivity index (χ0) is 25.7. The summed E-state index contributed by atoms with van der Waals surface area (Å²) < 4.78 is 55.9. The Morgan fingerprint density at radius 3 is 2.49 bits per heavy atom. The molecule has 0 radical (unpaired) electrons. The second kappa shape index (κ2) is 8.47. The summed E-state index contributed by atoms with van der Waals surface area (Å²) in [5.41, 5.74) is 11.6. The first kappa shape index (κ1) is 24.4. The predicted molar refractivity (Wildman–Crippen MR) is 122 cm³/mol. The normalized spacial score (nSPS) is 17.9. The van der Waals surface area contributed by atoms with Crippen LogP contribution in [0.2, 0.25) is 0 Å². The van der Waals surface area contributed by atoms with Gasteiger partial charge in [0.1, 0.15) is 5.69 Å². The Morgan fingerprint density at radius 2 is 1.89 bits per heavy atom. The fourth-order valence-corrected chi connectivity index (χ4v) is 4.94. The lowest BCUT2D eigenvalue weighted by molar-refractivity contribution is -0.136. The van der Waals surface area contributed by atoms with Crippen LogP contribution in [0.5, 0.6) is 0 Å². The largest absolute Gasteiger partial charge is 0.403 e. The number of carbonyl (C=O) groups is 2. The van der Waals surface area contributed by atoms with Crippen molar-refractivity contribution in [2.24, 2.45) is 11.5 Å². The Kier molecular flexibility index (Phi) is 5.90. The Hall–Kier alpha value is -3.76. The van der Waals surface area contributed by atoms with E-state index in [0.717, 1.165) is 18.3 Å². The van der Waals surface area contributed by atoms with E-state index in [1.165, 1.54) is 6.07 Å².